The van der Waals surface area contributed by atoms with E-state index in [9.17, 15) is 4.79 Å². The fourth-order valence-corrected chi connectivity index (χ4v) is 2.51. The summed E-state index contributed by atoms with van der Waals surface area (Å²) in [7, 11) is 0. The molecule has 2 aromatic rings. The van der Waals surface area contributed by atoms with E-state index in [0.29, 0.717) is 5.92 Å². The molecule has 0 radical (unpaired) electrons. The van der Waals surface area contributed by atoms with Crippen LogP contribution in [0, 0.1) is 5.41 Å². The van der Waals surface area contributed by atoms with E-state index in [1.807, 2.05) is 57.4 Å². The smallest absolute Gasteiger partial charge is 0.241 e. The lowest BCUT2D eigenvalue weighted by Crippen LogP contribution is -2.45. The first-order chi connectivity index (χ1) is 11.2. The van der Waals surface area contributed by atoms with Gasteiger partial charge in [0, 0.05) is 30.5 Å². The molecule has 0 saturated heterocycles. The number of rotatable bonds is 5. The Balaban J connectivity index is 0.00000312. The summed E-state index contributed by atoms with van der Waals surface area (Å²) in [6, 6.07) is 7.30. The van der Waals surface area contributed by atoms with Crippen molar-refractivity contribution in [2.24, 2.45) is 11.1 Å². The highest BCUT2D eigenvalue weighted by Gasteiger charge is 2.27. The number of hydrogen-bond donors (Lipinski definition) is 2. The van der Waals surface area contributed by atoms with Crippen LogP contribution in [-0.4, -0.2) is 21.5 Å². The van der Waals surface area contributed by atoms with Gasteiger partial charge in [0.15, 0.2) is 0 Å². The fourth-order valence-electron chi connectivity index (χ4n) is 2.51. The van der Waals surface area contributed by atoms with Gasteiger partial charge in [0.1, 0.15) is 5.82 Å². The number of imidazole rings is 1. The number of anilines is 1. The number of hydrogen-bond acceptors (Lipinski definition) is 3. The largest absolute Gasteiger partial charge is 0.330 e. The number of nitrogens with two attached hydrogens (primary N) is 1. The number of carbonyl (C=O) groups is 1. The molecule has 0 aliphatic carbocycles. The molecule has 0 bridgehead atoms. The van der Waals surface area contributed by atoms with Crippen LogP contribution in [-0.2, 0) is 11.3 Å². The third-order valence-electron chi connectivity index (χ3n) is 4.03. The summed E-state index contributed by atoms with van der Waals surface area (Å²) >= 11 is 0. The molecule has 1 amide bonds. The lowest BCUT2D eigenvalue weighted by atomic mass is 9.87. The first-order valence-corrected chi connectivity index (χ1v) is 8.35. The monoisotopic (exact) mass is 400 g/mol. The van der Waals surface area contributed by atoms with Crippen molar-refractivity contribution in [2.45, 2.75) is 53.1 Å². The number of carbonyl (C=O) groups excluding carboxylic acids is 1. The number of nitrogens with zero attached hydrogens (tertiary/aromatic N) is 2. The summed E-state index contributed by atoms with van der Waals surface area (Å²) in [6.07, 6.45) is 3.80. The summed E-state index contributed by atoms with van der Waals surface area (Å²) in [6.45, 7) is 10.9. The van der Waals surface area contributed by atoms with Crippen molar-refractivity contribution in [3.8, 4) is 0 Å². The minimum atomic E-state index is -0.553. The van der Waals surface area contributed by atoms with Crippen LogP contribution in [0.25, 0.3) is 0 Å². The number of amides is 1. The van der Waals surface area contributed by atoms with Crippen molar-refractivity contribution in [2.75, 3.05) is 5.32 Å². The Hall–Kier alpha value is -1.56. The lowest BCUT2D eigenvalue weighted by molar-refractivity contribution is -0.119. The van der Waals surface area contributed by atoms with E-state index >= 15 is 0 Å². The lowest BCUT2D eigenvalue weighted by Gasteiger charge is -2.25. The normalized spacial score (nSPS) is 12.1. The third-order valence-corrected chi connectivity index (χ3v) is 4.03. The van der Waals surface area contributed by atoms with E-state index in [4.69, 9.17) is 5.73 Å². The quantitative estimate of drug-likeness (QED) is 0.788. The predicted octanol–water partition coefficient (Wildman–Crippen LogP) is 4.21. The van der Waals surface area contributed by atoms with Crippen molar-refractivity contribution >= 4 is 36.4 Å². The van der Waals surface area contributed by atoms with Gasteiger partial charge in [-0.25, -0.2) is 4.98 Å². The van der Waals surface area contributed by atoms with E-state index in [1.54, 1.807) is 0 Å². The number of halogens is 2. The summed E-state index contributed by atoms with van der Waals surface area (Å²) < 4.78 is 2.13. The van der Waals surface area contributed by atoms with Gasteiger partial charge in [-0.15, -0.1) is 24.8 Å². The molecule has 1 aromatic heterocycles. The zero-order valence-corrected chi connectivity index (χ0v) is 17.7. The van der Waals surface area contributed by atoms with E-state index in [-0.39, 0.29) is 36.1 Å². The maximum absolute atomic E-state index is 12.3. The second-order valence-electron chi connectivity index (χ2n) is 7.60. The Morgan fingerprint density at radius 1 is 1.27 bits per heavy atom. The molecule has 0 unspecified atom stereocenters. The molecule has 1 heterocycles. The van der Waals surface area contributed by atoms with Gasteiger partial charge in [-0.05, 0) is 23.1 Å². The van der Waals surface area contributed by atoms with E-state index in [2.05, 4.69) is 28.7 Å². The van der Waals surface area contributed by atoms with Crippen LogP contribution < -0.4 is 11.1 Å². The second kappa shape index (κ2) is 9.95. The summed E-state index contributed by atoms with van der Waals surface area (Å²) in [5.41, 5.74) is 7.62. The topological polar surface area (TPSA) is 72.9 Å². The van der Waals surface area contributed by atoms with Crippen molar-refractivity contribution in [1.29, 1.82) is 0 Å². The van der Waals surface area contributed by atoms with Gasteiger partial charge in [0.25, 0.3) is 0 Å². The molecule has 1 atom stereocenters. The van der Waals surface area contributed by atoms with Gasteiger partial charge in [0.05, 0.1) is 6.04 Å². The molecule has 0 spiro atoms. The molecule has 3 N–H and O–H groups in total. The van der Waals surface area contributed by atoms with Crippen molar-refractivity contribution in [3.05, 3.63) is 48.0 Å². The minimum absolute atomic E-state index is 0. The maximum atomic E-state index is 12.3. The zero-order chi connectivity index (χ0) is 17.9. The van der Waals surface area contributed by atoms with Crippen molar-refractivity contribution in [3.63, 3.8) is 0 Å². The highest BCUT2D eigenvalue weighted by molar-refractivity contribution is 5.95. The van der Waals surface area contributed by atoms with E-state index in [0.717, 1.165) is 23.6 Å². The summed E-state index contributed by atoms with van der Waals surface area (Å²) in [5.74, 6) is 1.26. The number of benzene rings is 1. The number of aromatic nitrogens is 2. The second-order valence-corrected chi connectivity index (χ2v) is 7.60. The van der Waals surface area contributed by atoms with Crippen LogP contribution in [0.5, 0.6) is 0 Å². The highest BCUT2D eigenvalue weighted by atomic mass is 35.5. The average Bonchev–Trinajstić information content (AvgIpc) is 2.94. The average molecular weight is 401 g/mol. The Kier molecular flexibility index (Phi) is 9.35. The van der Waals surface area contributed by atoms with Gasteiger partial charge < -0.3 is 15.6 Å². The van der Waals surface area contributed by atoms with E-state index in [1.165, 1.54) is 0 Å². The molecule has 1 aromatic carbocycles. The molecule has 7 heteroatoms. The van der Waals surface area contributed by atoms with Gasteiger partial charge in [-0.1, -0.05) is 46.8 Å². The number of nitrogens with one attached hydrogen (secondary N) is 1. The van der Waals surface area contributed by atoms with Crippen LogP contribution in [0.4, 0.5) is 5.69 Å². The van der Waals surface area contributed by atoms with Crippen LogP contribution >= 0.6 is 24.8 Å². The van der Waals surface area contributed by atoms with Crippen LogP contribution in [0.2, 0.25) is 0 Å². The molecule has 146 valence electrons. The molecular weight excluding hydrogens is 371 g/mol. The fraction of sp³-hybridized carbons (Fsp3) is 0.474. The zero-order valence-electron chi connectivity index (χ0n) is 16.0. The third kappa shape index (κ3) is 6.31. The van der Waals surface area contributed by atoms with Crippen LogP contribution in [0.3, 0.4) is 0 Å². The van der Waals surface area contributed by atoms with Gasteiger partial charge in [0.2, 0.25) is 5.91 Å². The first kappa shape index (κ1) is 24.4. The molecule has 0 fully saturated rings. The molecular formula is C19H30Cl2N4O. The van der Waals surface area contributed by atoms with Gasteiger partial charge >= 0.3 is 0 Å². The van der Waals surface area contributed by atoms with Crippen molar-refractivity contribution < 1.29 is 4.79 Å². The predicted molar refractivity (Wildman–Crippen MR) is 112 cm³/mol. The Bertz CT molecular complexity index is 708. The summed E-state index contributed by atoms with van der Waals surface area (Å²) in [5, 5.41) is 2.92. The SMILES string of the molecule is CC(C)c1nccn1Cc1cccc(NC(=O)[C@@H](N)C(C)(C)C)c1.Cl.Cl. The Labute approximate surface area is 168 Å². The Morgan fingerprint density at radius 3 is 2.50 bits per heavy atom. The maximum Gasteiger partial charge on any atom is 0.241 e. The van der Waals surface area contributed by atoms with Crippen molar-refractivity contribution in [1.82, 2.24) is 9.55 Å². The standard InChI is InChI=1S/C19H28N4O.2ClH/c1-13(2)17-21-9-10-23(17)12-14-7-6-8-15(11-14)22-18(24)16(20)19(3,4)5;;/h6-11,13,16H,12,20H2,1-5H3,(H,22,24);2*1H/t16-;;/m1../s1. The molecule has 2 rings (SSSR count). The molecule has 0 aliphatic heterocycles. The molecule has 0 saturated carbocycles. The molecule has 26 heavy (non-hydrogen) atoms. The highest BCUT2D eigenvalue weighted by Crippen LogP contribution is 2.20. The Morgan fingerprint density at radius 2 is 1.92 bits per heavy atom. The van der Waals surface area contributed by atoms with E-state index < -0.39 is 6.04 Å². The minimum Gasteiger partial charge on any atom is -0.330 e. The van der Waals surface area contributed by atoms with Gasteiger partial charge in [-0.2, -0.15) is 0 Å². The molecule has 0 aliphatic rings. The van der Waals surface area contributed by atoms with Gasteiger partial charge in [-0.3, -0.25) is 4.79 Å². The van der Waals surface area contributed by atoms with Crippen LogP contribution in [0.1, 0.15) is 51.9 Å². The van der Waals surface area contributed by atoms with Crippen LogP contribution in [0.15, 0.2) is 36.7 Å². The molecule has 5 nitrogen and oxygen atoms in total. The first-order valence-electron chi connectivity index (χ1n) is 8.35. The summed E-state index contributed by atoms with van der Waals surface area (Å²) in [4.78, 5) is 16.7.